The largest absolute Gasteiger partial charge is 0.417 e. The molecule has 0 bridgehead atoms. The van der Waals surface area contributed by atoms with Gasteiger partial charge in [0.2, 0.25) is 0 Å². The topological polar surface area (TPSA) is 82.8 Å². The zero-order chi connectivity index (χ0) is 24.9. The van der Waals surface area contributed by atoms with E-state index in [1.165, 1.54) is 12.1 Å². The minimum Gasteiger partial charge on any atom is -0.408 e. The lowest BCUT2D eigenvalue weighted by Crippen LogP contribution is -2.49. The maximum Gasteiger partial charge on any atom is 0.417 e. The van der Waals surface area contributed by atoms with Gasteiger partial charge in [0.25, 0.3) is 0 Å². The number of carbonyl (C=O) groups excluding carboxylic acids is 1. The Labute approximate surface area is 209 Å². The van der Waals surface area contributed by atoms with E-state index in [0.29, 0.717) is 23.0 Å². The van der Waals surface area contributed by atoms with E-state index in [9.17, 15) is 14.4 Å². The highest BCUT2D eigenvalue weighted by atomic mass is 19.1. The molecule has 3 aromatic rings. The first kappa shape index (κ1) is 23.9. The predicted molar refractivity (Wildman–Crippen MR) is 134 cm³/mol. The number of nitriles is 1. The van der Waals surface area contributed by atoms with Crippen molar-refractivity contribution in [2.45, 2.75) is 18.9 Å². The summed E-state index contributed by atoms with van der Waals surface area (Å²) in [5.74, 6) is 0.0269. The van der Waals surface area contributed by atoms with Gasteiger partial charge in [-0.3, -0.25) is 10.2 Å². The summed E-state index contributed by atoms with van der Waals surface area (Å²) in [6.07, 6.45) is 4.80. The number of nitrogens with one attached hydrogen (secondary N) is 1. The first-order chi connectivity index (χ1) is 17.6. The van der Waals surface area contributed by atoms with Crippen molar-refractivity contribution in [3.05, 3.63) is 72.3 Å². The van der Waals surface area contributed by atoms with Crippen LogP contribution in [0.4, 0.5) is 20.6 Å². The van der Waals surface area contributed by atoms with Crippen molar-refractivity contribution in [2.75, 3.05) is 49.6 Å². The van der Waals surface area contributed by atoms with Crippen LogP contribution in [-0.2, 0) is 4.74 Å². The van der Waals surface area contributed by atoms with Crippen LogP contribution in [0, 0.1) is 17.1 Å². The molecule has 36 heavy (non-hydrogen) atoms. The number of carbonyl (C=O) groups is 1. The predicted octanol–water partition coefficient (Wildman–Crippen LogP) is 4.40. The van der Waals surface area contributed by atoms with E-state index in [2.05, 4.69) is 21.2 Å². The van der Waals surface area contributed by atoms with Crippen molar-refractivity contribution in [3.8, 4) is 17.5 Å². The number of hydrogen-bond acceptors (Lipinski definition) is 6. The molecule has 9 heteroatoms. The second kappa shape index (κ2) is 10.8. The fourth-order valence-electron chi connectivity index (χ4n) is 4.86. The van der Waals surface area contributed by atoms with Crippen LogP contribution >= 0.6 is 0 Å². The third kappa shape index (κ3) is 5.51. The van der Waals surface area contributed by atoms with Crippen LogP contribution in [0.5, 0.6) is 5.75 Å². The first-order valence-electron chi connectivity index (χ1n) is 12.1. The zero-order valence-electron chi connectivity index (χ0n) is 19.9. The van der Waals surface area contributed by atoms with Gasteiger partial charge in [0, 0.05) is 49.8 Å². The number of rotatable bonds is 5. The van der Waals surface area contributed by atoms with Crippen molar-refractivity contribution in [1.82, 2.24) is 9.47 Å². The molecule has 0 aliphatic carbocycles. The second-order valence-corrected chi connectivity index (χ2v) is 8.96. The van der Waals surface area contributed by atoms with Gasteiger partial charge in [0.05, 0.1) is 30.7 Å². The van der Waals surface area contributed by atoms with E-state index < -0.39 is 6.09 Å². The van der Waals surface area contributed by atoms with Crippen LogP contribution in [-0.4, -0.2) is 61.0 Å². The molecule has 1 amide bonds. The summed E-state index contributed by atoms with van der Waals surface area (Å²) in [7, 11) is 0. The number of ether oxygens (including phenoxy) is 2. The molecule has 1 N–H and O–H groups in total. The van der Waals surface area contributed by atoms with Crippen LogP contribution in [0.3, 0.4) is 0 Å². The van der Waals surface area contributed by atoms with Crippen molar-refractivity contribution in [3.63, 3.8) is 0 Å². The number of aromatic nitrogens is 1. The average molecular weight is 490 g/mol. The smallest absolute Gasteiger partial charge is 0.408 e. The van der Waals surface area contributed by atoms with Gasteiger partial charge in [-0.25, -0.2) is 9.18 Å². The Morgan fingerprint density at radius 2 is 1.81 bits per heavy atom. The highest BCUT2D eigenvalue weighted by molar-refractivity contribution is 5.87. The van der Waals surface area contributed by atoms with E-state index in [-0.39, 0.29) is 5.82 Å². The second-order valence-electron chi connectivity index (χ2n) is 8.96. The molecule has 0 spiro atoms. The molecule has 0 atom stereocenters. The number of nitrogens with zero attached hydrogens (tertiary/aromatic N) is 4. The minimum atomic E-state index is -0.658. The molecule has 186 valence electrons. The molecule has 5 rings (SSSR count). The third-order valence-corrected chi connectivity index (χ3v) is 6.73. The highest BCUT2D eigenvalue weighted by Gasteiger charge is 2.27. The third-order valence-electron chi connectivity index (χ3n) is 6.73. The number of halogens is 1. The van der Waals surface area contributed by atoms with Crippen molar-refractivity contribution < 1.29 is 18.7 Å². The molecule has 0 saturated carbocycles. The van der Waals surface area contributed by atoms with Gasteiger partial charge in [-0.15, -0.1) is 0 Å². The Balaban J connectivity index is 1.18. The fraction of sp³-hybridized carbons (Fsp3) is 0.333. The van der Waals surface area contributed by atoms with Crippen molar-refractivity contribution >= 4 is 17.5 Å². The van der Waals surface area contributed by atoms with E-state index in [1.54, 1.807) is 47.3 Å². The summed E-state index contributed by atoms with van der Waals surface area (Å²) in [5.41, 5.74) is 2.63. The van der Waals surface area contributed by atoms with Crippen LogP contribution in [0.15, 0.2) is 60.9 Å². The summed E-state index contributed by atoms with van der Waals surface area (Å²) in [6, 6.07) is 15.8. The Bertz CT molecular complexity index is 1240. The van der Waals surface area contributed by atoms with Gasteiger partial charge in [-0.1, -0.05) is 0 Å². The molecule has 0 radical (unpaired) electrons. The summed E-state index contributed by atoms with van der Waals surface area (Å²) in [4.78, 5) is 17.2. The van der Waals surface area contributed by atoms with Gasteiger partial charge in [-0.2, -0.15) is 5.26 Å². The van der Waals surface area contributed by atoms with E-state index in [0.717, 1.165) is 63.6 Å². The Hall–Kier alpha value is -3.87. The zero-order valence-corrected chi connectivity index (χ0v) is 19.9. The molecule has 3 heterocycles. The van der Waals surface area contributed by atoms with Crippen LogP contribution in [0.25, 0.3) is 5.69 Å². The van der Waals surface area contributed by atoms with Gasteiger partial charge in [0.1, 0.15) is 11.9 Å². The van der Waals surface area contributed by atoms with Gasteiger partial charge in [0.15, 0.2) is 5.75 Å². The molecule has 1 aromatic heterocycles. The standard InChI is InChI=1S/C27H28FN5O3/c28-21-1-4-23(5-2-21)33-12-9-25(19-33)36-27(34)30-22-3-6-26(20(17-22)18-29)32-10-7-24(8-11-32)31-13-15-35-16-14-31/h1-6,9,12,17,19,24H,7-8,10-11,13-16H2,(H,30,34). The SMILES string of the molecule is N#Cc1cc(NC(=O)Oc2ccn(-c3ccc(F)cc3)c2)ccc1N1CCC(N2CCOCC2)CC1. The summed E-state index contributed by atoms with van der Waals surface area (Å²) in [6.45, 7) is 5.35. The number of benzene rings is 2. The molecule has 2 aromatic carbocycles. The molecule has 2 aliphatic rings. The maximum absolute atomic E-state index is 13.1. The van der Waals surface area contributed by atoms with Gasteiger partial charge in [-0.05, 0) is 61.4 Å². The van der Waals surface area contributed by atoms with Crippen LogP contribution in [0.1, 0.15) is 18.4 Å². The van der Waals surface area contributed by atoms with E-state index >= 15 is 0 Å². The lowest BCUT2D eigenvalue weighted by molar-refractivity contribution is 0.0115. The Kier molecular flexibility index (Phi) is 7.16. The normalized spacial score (nSPS) is 16.9. The maximum atomic E-state index is 13.1. The van der Waals surface area contributed by atoms with Crippen molar-refractivity contribution in [2.24, 2.45) is 0 Å². The van der Waals surface area contributed by atoms with Gasteiger partial charge < -0.3 is 18.9 Å². The lowest BCUT2D eigenvalue weighted by atomic mass is 10.0. The van der Waals surface area contributed by atoms with E-state index in [4.69, 9.17) is 9.47 Å². The number of anilines is 2. The van der Waals surface area contributed by atoms with Crippen LogP contribution in [0.2, 0.25) is 0 Å². The quantitative estimate of drug-likeness (QED) is 0.572. The molecule has 2 saturated heterocycles. The summed E-state index contributed by atoms with van der Waals surface area (Å²) >= 11 is 0. The molecule has 0 unspecified atom stereocenters. The molecule has 2 aliphatic heterocycles. The summed E-state index contributed by atoms with van der Waals surface area (Å²) < 4.78 is 25.7. The number of morpholine rings is 1. The fourth-order valence-corrected chi connectivity index (χ4v) is 4.86. The molecular formula is C27H28FN5O3. The monoisotopic (exact) mass is 489 g/mol. The first-order valence-corrected chi connectivity index (χ1v) is 12.1. The number of hydrogen-bond donors (Lipinski definition) is 1. The van der Waals surface area contributed by atoms with E-state index in [1.807, 2.05) is 6.07 Å². The summed E-state index contributed by atoms with van der Waals surface area (Å²) in [5, 5.41) is 12.5. The molecule has 2 fully saturated rings. The Morgan fingerprint density at radius 1 is 1.06 bits per heavy atom. The van der Waals surface area contributed by atoms with Crippen LogP contribution < -0.4 is 15.0 Å². The number of piperidine rings is 1. The number of amides is 1. The molecular weight excluding hydrogens is 461 g/mol. The minimum absolute atomic E-state index is 0.318. The molecule has 8 nitrogen and oxygen atoms in total. The lowest BCUT2D eigenvalue weighted by Gasteiger charge is -2.41. The van der Waals surface area contributed by atoms with Gasteiger partial charge >= 0.3 is 6.09 Å². The average Bonchev–Trinajstić information content (AvgIpc) is 3.38. The Morgan fingerprint density at radius 3 is 2.53 bits per heavy atom. The van der Waals surface area contributed by atoms with Crippen molar-refractivity contribution in [1.29, 1.82) is 5.26 Å². The highest BCUT2D eigenvalue weighted by Crippen LogP contribution is 2.28.